The van der Waals surface area contributed by atoms with Gasteiger partial charge in [0, 0.05) is 17.0 Å². The lowest BCUT2D eigenvalue weighted by Crippen LogP contribution is -2.48. The maximum atomic E-state index is 14.0. The number of alkyl halides is 2. The molecule has 2 aliphatic rings. The number of aromatic nitrogens is 3. The summed E-state index contributed by atoms with van der Waals surface area (Å²) >= 11 is 0. The van der Waals surface area contributed by atoms with E-state index in [1.54, 1.807) is 6.92 Å². The number of fused-ring (bicyclic) bond motifs is 1. The van der Waals surface area contributed by atoms with Crippen molar-refractivity contribution >= 4 is 32.7 Å². The lowest BCUT2D eigenvalue weighted by atomic mass is 9.71. The van der Waals surface area contributed by atoms with Gasteiger partial charge in [-0.2, -0.15) is 4.98 Å². The van der Waals surface area contributed by atoms with Gasteiger partial charge in [0.05, 0.1) is 17.2 Å². The van der Waals surface area contributed by atoms with Crippen LogP contribution in [-0.2, 0) is 5.82 Å². The van der Waals surface area contributed by atoms with E-state index >= 15 is 0 Å². The third-order valence-corrected chi connectivity index (χ3v) is 6.18. The monoisotopic (exact) mass is 413 g/mol. The molecule has 0 spiro atoms. The lowest BCUT2D eigenvalue weighted by Gasteiger charge is -2.35. The second-order valence-electron chi connectivity index (χ2n) is 8.63. The van der Waals surface area contributed by atoms with E-state index in [1.165, 1.54) is 6.20 Å². The smallest absolute Gasteiger partial charge is 0.260 e. The fourth-order valence-electron chi connectivity index (χ4n) is 4.47. The molecule has 7 nitrogen and oxygen atoms in total. The number of halogens is 2. The predicted octanol–water partition coefficient (Wildman–Crippen LogP) is 1.15. The van der Waals surface area contributed by atoms with Gasteiger partial charge in [-0.25, -0.2) is 13.8 Å². The summed E-state index contributed by atoms with van der Waals surface area (Å²) in [6.07, 6.45) is 4.23. The van der Waals surface area contributed by atoms with E-state index in [1.807, 2.05) is 0 Å². The summed E-state index contributed by atoms with van der Waals surface area (Å²) < 4.78 is 29.1. The SMILES string of the molecule is [B]C1(Nc2ncc3cc(C([B])(F)F)c(=O)n([C@@H]4CCC[C@@]4(C)O)c3n2)CCNCC1. The summed E-state index contributed by atoms with van der Waals surface area (Å²) in [6.45, 7) is 3.07. The Labute approximate surface area is 175 Å². The van der Waals surface area contributed by atoms with Crippen molar-refractivity contribution in [1.82, 2.24) is 19.9 Å². The molecule has 1 saturated carbocycles. The number of nitrogens with zero attached hydrogens (tertiary/aromatic N) is 3. The number of piperidine rings is 1. The van der Waals surface area contributed by atoms with Gasteiger partial charge >= 0.3 is 0 Å². The van der Waals surface area contributed by atoms with Crippen LogP contribution in [0.5, 0.6) is 0 Å². The Balaban J connectivity index is 1.88. The molecule has 0 bridgehead atoms. The quantitative estimate of drug-likeness (QED) is 0.652. The average molecular weight is 413 g/mol. The van der Waals surface area contributed by atoms with Gasteiger partial charge in [-0.3, -0.25) is 9.36 Å². The van der Waals surface area contributed by atoms with Crippen molar-refractivity contribution < 1.29 is 13.9 Å². The number of anilines is 1. The molecule has 1 saturated heterocycles. The Kier molecular flexibility index (Phi) is 5.17. The van der Waals surface area contributed by atoms with Crippen molar-refractivity contribution in [3.8, 4) is 0 Å². The Morgan fingerprint density at radius 3 is 2.67 bits per heavy atom. The van der Waals surface area contributed by atoms with Gasteiger partial charge in [0.1, 0.15) is 13.5 Å². The highest BCUT2D eigenvalue weighted by atomic mass is 19.3. The van der Waals surface area contributed by atoms with Crippen molar-refractivity contribution in [3.05, 3.63) is 28.2 Å². The molecule has 0 unspecified atom stereocenters. The van der Waals surface area contributed by atoms with Crippen molar-refractivity contribution in [2.75, 3.05) is 18.4 Å². The first kappa shape index (κ1) is 21.2. The van der Waals surface area contributed by atoms with Crippen molar-refractivity contribution in [3.63, 3.8) is 0 Å². The predicted molar refractivity (Wildman–Crippen MR) is 111 cm³/mol. The summed E-state index contributed by atoms with van der Waals surface area (Å²) in [7, 11) is 11.4. The van der Waals surface area contributed by atoms with Crippen molar-refractivity contribution in [2.24, 2.45) is 0 Å². The minimum absolute atomic E-state index is 0.162. The molecule has 3 heterocycles. The minimum atomic E-state index is -3.83. The largest absolute Gasteiger partial charge is 0.388 e. The number of hydrogen-bond acceptors (Lipinski definition) is 6. The number of aliphatic hydroxyl groups is 1. The topological polar surface area (TPSA) is 92.1 Å². The Morgan fingerprint density at radius 2 is 2.07 bits per heavy atom. The van der Waals surface area contributed by atoms with E-state index in [2.05, 4.69) is 20.6 Å². The van der Waals surface area contributed by atoms with Crippen LogP contribution in [0.15, 0.2) is 17.1 Å². The van der Waals surface area contributed by atoms with E-state index < -0.39 is 34.0 Å². The zero-order chi connectivity index (χ0) is 21.7. The minimum Gasteiger partial charge on any atom is -0.388 e. The number of nitrogens with one attached hydrogen (secondary N) is 2. The third-order valence-electron chi connectivity index (χ3n) is 6.18. The molecule has 2 fully saturated rings. The molecule has 4 radical (unpaired) electrons. The molecule has 0 amide bonds. The average Bonchev–Trinajstić information content (AvgIpc) is 2.99. The highest BCUT2D eigenvalue weighted by Gasteiger charge is 2.41. The zero-order valence-electron chi connectivity index (χ0n) is 16.8. The van der Waals surface area contributed by atoms with Gasteiger partial charge in [-0.15, -0.1) is 0 Å². The van der Waals surface area contributed by atoms with Crippen LogP contribution in [-0.4, -0.2) is 59.5 Å². The van der Waals surface area contributed by atoms with Gasteiger partial charge in [-0.05, 0) is 58.2 Å². The number of pyridine rings is 1. The van der Waals surface area contributed by atoms with Gasteiger partial charge < -0.3 is 15.7 Å². The molecule has 2 atom stereocenters. The van der Waals surface area contributed by atoms with E-state index in [0.29, 0.717) is 32.1 Å². The first-order chi connectivity index (χ1) is 14.0. The van der Waals surface area contributed by atoms with Crippen LogP contribution >= 0.6 is 0 Å². The molecule has 0 aromatic carbocycles. The fraction of sp³-hybridized carbons (Fsp3) is 0.632. The third kappa shape index (κ3) is 3.85. The summed E-state index contributed by atoms with van der Waals surface area (Å²) in [5.41, 5.74) is -3.60. The molecule has 11 heteroatoms. The Hall–Kier alpha value is -2.00. The lowest BCUT2D eigenvalue weighted by molar-refractivity contribution is 0.0256. The van der Waals surface area contributed by atoms with Crippen LogP contribution in [0.3, 0.4) is 0 Å². The first-order valence-electron chi connectivity index (χ1n) is 10.1. The van der Waals surface area contributed by atoms with E-state index in [4.69, 9.17) is 15.7 Å². The molecular formula is C19H23B2F2N5O2. The highest BCUT2D eigenvalue weighted by molar-refractivity contribution is 6.17. The molecule has 3 N–H and O–H groups in total. The van der Waals surface area contributed by atoms with Crippen LogP contribution < -0.4 is 16.2 Å². The fourth-order valence-corrected chi connectivity index (χ4v) is 4.47. The Bertz CT molecular complexity index is 1020. The maximum Gasteiger partial charge on any atom is 0.260 e. The summed E-state index contributed by atoms with van der Waals surface area (Å²) in [4.78, 5) is 21.7. The van der Waals surface area contributed by atoms with Gasteiger partial charge in [0.15, 0.2) is 7.85 Å². The van der Waals surface area contributed by atoms with Crippen molar-refractivity contribution in [1.29, 1.82) is 0 Å². The zero-order valence-corrected chi connectivity index (χ0v) is 16.8. The molecule has 1 aliphatic heterocycles. The van der Waals surface area contributed by atoms with Crippen LogP contribution in [0.25, 0.3) is 11.0 Å². The molecule has 156 valence electrons. The Morgan fingerprint density at radius 1 is 1.37 bits per heavy atom. The van der Waals surface area contributed by atoms with E-state index in [9.17, 15) is 18.7 Å². The van der Waals surface area contributed by atoms with Gasteiger partial charge in [-0.1, -0.05) is 0 Å². The van der Waals surface area contributed by atoms with E-state index in [0.717, 1.165) is 23.7 Å². The molecule has 30 heavy (non-hydrogen) atoms. The second kappa shape index (κ2) is 7.30. The number of hydrogen-bond donors (Lipinski definition) is 3. The molecule has 4 rings (SSSR count). The molecule has 1 aliphatic carbocycles. The maximum absolute atomic E-state index is 14.0. The summed E-state index contributed by atoms with van der Waals surface area (Å²) in [5, 5.41) is 17.4. The van der Waals surface area contributed by atoms with Crippen molar-refractivity contribution in [2.45, 2.75) is 61.9 Å². The molecule has 2 aromatic rings. The summed E-state index contributed by atoms with van der Waals surface area (Å²) in [6, 6.07) is 0.313. The van der Waals surface area contributed by atoms with Crippen LogP contribution in [0.2, 0.25) is 0 Å². The van der Waals surface area contributed by atoms with Gasteiger partial charge in [0.2, 0.25) is 11.8 Å². The normalized spacial score (nSPS) is 26.7. The van der Waals surface area contributed by atoms with Crippen LogP contribution in [0.1, 0.15) is 50.6 Å². The van der Waals surface area contributed by atoms with E-state index in [-0.39, 0.29) is 17.0 Å². The highest BCUT2D eigenvalue weighted by Crippen LogP contribution is 2.40. The number of rotatable bonds is 4. The second-order valence-corrected chi connectivity index (χ2v) is 8.63. The van der Waals surface area contributed by atoms with Gasteiger partial charge in [0.25, 0.3) is 5.56 Å². The molecular weight excluding hydrogens is 390 g/mol. The summed E-state index contributed by atoms with van der Waals surface area (Å²) in [5.74, 6) is -3.63. The molecule has 2 aromatic heterocycles. The van der Waals surface area contributed by atoms with Crippen LogP contribution in [0.4, 0.5) is 14.7 Å². The standard InChI is InChI=1S/C19H23B2F2N5O2/c1-17(30)4-2-3-13(17)28-14-11(9-12(15(28)29)19(21,22)23)10-25-16(26-14)27-18(20)5-7-24-8-6-18/h9-10,13,24,30H,2-8H2,1H3,(H,25,26,27)/t13-,17-/m1/s1. The first-order valence-corrected chi connectivity index (χ1v) is 10.1. The van der Waals surface area contributed by atoms with Crippen LogP contribution in [0, 0.1) is 0 Å².